The summed E-state index contributed by atoms with van der Waals surface area (Å²) in [5, 5.41) is 2.57. The van der Waals surface area contributed by atoms with Gasteiger partial charge in [0.15, 0.2) is 0 Å². The summed E-state index contributed by atoms with van der Waals surface area (Å²) in [7, 11) is -3.94. The van der Waals surface area contributed by atoms with Crippen molar-refractivity contribution in [3.8, 4) is 0 Å². The van der Waals surface area contributed by atoms with Gasteiger partial charge in [0, 0.05) is 35.2 Å². The molecule has 1 rings (SSSR count). The monoisotopic (exact) mass is 224 g/mol. The maximum Gasteiger partial charge on any atom is 0.283 e. The molecule has 0 fully saturated rings. The van der Waals surface area contributed by atoms with Gasteiger partial charge < -0.3 is 5.32 Å². The number of nitrogens with one attached hydrogen (secondary N) is 1. The minimum absolute atomic E-state index is 0. The van der Waals surface area contributed by atoms with Crippen LogP contribution in [0.15, 0.2) is 24.3 Å². The molecule has 0 bridgehead atoms. The SMILES string of the molecule is Cc1ccc(NCS(=O)(=O)O)cc1.[Na]. The van der Waals surface area contributed by atoms with Crippen molar-refractivity contribution in [1.29, 1.82) is 0 Å². The van der Waals surface area contributed by atoms with E-state index in [2.05, 4.69) is 5.32 Å². The maximum absolute atomic E-state index is 10.4. The molecular formula is C8H11NNaO3S. The smallest absolute Gasteiger partial charge is 0.283 e. The van der Waals surface area contributed by atoms with Crippen molar-refractivity contribution in [2.45, 2.75) is 6.92 Å². The van der Waals surface area contributed by atoms with Gasteiger partial charge in [0.2, 0.25) is 0 Å². The van der Waals surface area contributed by atoms with Crippen LogP contribution in [0.25, 0.3) is 0 Å². The zero-order chi connectivity index (χ0) is 9.90. The largest absolute Gasteiger partial charge is 0.370 e. The van der Waals surface area contributed by atoms with Gasteiger partial charge >= 0.3 is 0 Å². The van der Waals surface area contributed by atoms with Crippen LogP contribution in [0, 0.1) is 6.92 Å². The van der Waals surface area contributed by atoms with Crippen molar-refractivity contribution in [3.63, 3.8) is 0 Å². The normalized spacial score (nSPS) is 10.4. The predicted molar refractivity (Wildman–Crippen MR) is 57.0 cm³/mol. The van der Waals surface area contributed by atoms with Crippen LogP contribution in [0.2, 0.25) is 0 Å². The molecule has 0 heterocycles. The summed E-state index contributed by atoms with van der Waals surface area (Å²) in [5.74, 6) is -0.462. The van der Waals surface area contributed by atoms with Crippen LogP contribution in [-0.2, 0) is 10.1 Å². The molecule has 14 heavy (non-hydrogen) atoms. The summed E-state index contributed by atoms with van der Waals surface area (Å²) in [4.78, 5) is 0. The average Bonchev–Trinajstić information content (AvgIpc) is 2.02. The van der Waals surface area contributed by atoms with Crippen LogP contribution in [0.4, 0.5) is 5.69 Å². The Hall–Kier alpha value is -0.0700. The quantitative estimate of drug-likeness (QED) is 0.590. The molecule has 0 aliphatic heterocycles. The Labute approximate surface area is 106 Å². The second-order valence-corrected chi connectivity index (χ2v) is 4.22. The third kappa shape index (κ3) is 5.62. The minimum Gasteiger partial charge on any atom is -0.370 e. The zero-order valence-electron chi connectivity index (χ0n) is 8.19. The van der Waals surface area contributed by atoms with E-state index in [0.717, 1.165) is 5.56 Å². The maximum atomic E-state index is 10.4. The van der Waals surface area contributed by atoms with Gasteiger partial charge in [0.25, 0.3) is 10.1 Å². The third-order valence-electron chi connectivity index (χ3n) is 1.51. The van der Waals surface area contributed by atoms with E-state index in [4.69, 9.17) is 4.55 Å². The summed E-state index contributed by atoms with van der Waals surface area (Å²) in [6.45, 7) is 1.94. The first kappa shape index (κ1) is 13.9. The molecule has 6 heteroatoms. The van der Waals surface area contributed by atoms with Crippen LogP contribution in [0.1, 0.15) is 5.56 Å². The van der Waals surface area contributed by atoms with Crippen molar-refractivity contribution in [2.24, 2.45) is 0 Å². The van der Waals surface area contributed by atoms with Gasteiger partial charge in [-0.1, -0.05) is 17.7 Å². The van der Waals surface area contributed by atoms with E-state index >= 15 is 0 Å². The number of anilines is 1. The van der Waals surface area contributed by atoms with Crippen molar-refractivity contribution in [3.05, 3.63) is 29.8 Å². The number of benzene rings is 1. The number of aryl methyl sites for hydroxylation is 1. The second-order valence-electron chi connectivity index (χ2n) is 2.77. The van der Waals surface area contributed by atoms with Crippen molar-refractivity contribution in [2.75, 3.05) is 11.2 Å². The molecule has 0 spiro atoms. The fourth-order valence-electron chi connectivity index (χ4n) is 0.846. The molecule has 0 aromatic heterocycles. The fraction of sp³-hybridized carbons (Fsp3) is 0.250. The van der Waals surface area contributed by atoms with E-state index in [-0.39, 0.29) is 29.6 Å². The first-order valence-corrected chi connectivity index (χ1v) is 5.34. The van der Waals surface area contributed by atoms with Crippen LogP contribution >= 0.6 is 0 Å². The standard InChI is InChI=1S/C8H11NO3S.Na/c1-7-2-4-8(5-3-7)9-6-13(10,11)12;/h2-5,9H,6H2,1H3,(H,10,11,12);. The predicted octanol–water partition coefficient (Wildman–Crippen LogP) is 0.871. The Kier molecular flexibility index (Phi) is 5.70. The summed E-state index contributed by atoms with van der Waals surface area (Å²) >= 11 is 0. The van der Waals surface area contributed by atoms with Crippen molar-refractivity contribution in [1.82, 2.24) is 0 Å². The summed E-state index contributed by atoms with van der Waals surface area (Å²) in [5.41, 5.74) is 1.76. The molecule has 0 aliphatic rings. The summed E-state index contributed by atoms with van der Waals surface area (Å²) < 4.78 is 29.2. The molecule has 0 saturated carbocycles. The first-order chi connectivity index (χ1) is 5.97. The van der Waals surface area contributed by atoms with Crippen LogP contribution in [0.5, 0.6) is 0 Å². The topological polar surface area (TPSA) is 66.4 Å². The molecule has 73 valence electrons. The molecule has 0 amide bonds. The van der Waals surface area contributed by atoms with E-state index in [1.165, 1.54) is 0 Å². The summed E-state index contributed by atoms with van der Waals surface area (Å²) in [6, 6.07) is 7.21. The number of hydrogen-bond acceptors (Lipinski definition) is 3. The van der Waals surface area contributed by atoms with Crippen LogP contribution in [0.3, 0.4) is 0 Å². The molecule has 2 N–H and O–H groups in total. The average molecular weight is 224 g/mol. The van der Waals surface area contributed by atoms with E-state index in [9.17, 15) is 8.42 Å². The van der Waals surface area contributed by atoms with Gasteiger partial charge in [-0.15, -0.1) is 0 Å². The van der Waals surface area contributed by atoms with Gasteiger partial charge in [0.05, 0.1) is 0 Å². The molecule has 0 aliphatic carbocycles. The number of rotatable bonds is 3. The first-order valence-electron chi connectivity index (χ1n) is 3.73. The Balaban J connectivity index is 0.00000169. The van der Waals surface area contributed by atoms with Crippen molar-refractivity contribution < 1.29 is 13.0 Å². The molecular weight excluding hydrogens is 213 g/mol. The Morgan fingerprint density at radius 2 is 1.79 bits per heavy atom. The van der Waals surface area contributed by atoms with E-state index < -0.39 is 16.0 Å². The molecule has 0 unspecified atom stereocenters. The molecule has 1 aromatic carbocycles. The molecule has 1 radical (unpaired) electrons. The second kappa shape index (κ2) is 5.72. The van der Waals surface area contributed by atoms with Crippen molar-refractivity contribution >= 4 is 45.4 Å². The van der Waals surface area contributed by atoms with E-state index in [1.54, 1.807) is 12.1 Å². The van der Waals surface area contributed by atoms with Gasteiger partial charge in [-0.25, -0.2) is 0 Å². The van der Waals surface area contributed by atoms with Crippen LogP contribution in [-0.4, -0.2) is 48.4 Å². The Bertz CT molecular complexity index is 374. The van der Waals surface area contributed by atoms with Crippen LogP contribution < -0.4 is 5.32 Å². The van der Waals surface area contributed by atoms with E-state index in [0.29, 0.717) is 5.69 Å². The zero-order valence-corrected chi connectivity index (χ0v) is 11.0. The molecule has 0 saturated heterocycles. The minimum atomic E-state index is -3.94. The fourth-order valence-corrected chi connectivity index (χ4v) is 1.20. The molecule has 1 aromatic rings. The Morgan fingerprint density at radius 3 is 2.21 bits per heavy atom. The van der Waals surface area contributed by atoms with E-state index in [1.807, 2.05) is 19.1 Å². The molecule has 0 atom stereocenters. The third-order valence-corrected chi connectivity index (χ3v) is 2.02. The van der Waals surface area contributed by atoms with Gasteiger partial charge in [-0.2, -0.15) is 8.42 Å². The summed E-state index contributed by atoms with van der Waals surface area (Å²) in [6.07, 6.45) is 0. The van der Waals surface area contributed by atoms with Gasteiger partial charge in [-0.3, -0.25) is 4.55 Å². The van der Waals surface area contributed by atoms with Gasteiger partial charge in [0.1, 0.15) is 5.88 Å². The Morgan fingerprint density at radius 1 is 1.29 bits per heavy atom. The molecule has 4 nitrogen and oxygen atoms in total. The van der Waals surface area contributed by atoms with Gasteiger partial charge in [-0.05, 0) is 19.1 Å². The number of hydrogen-bond donors (Lipinski definition) is 2.